The molecule has 2 aromatic rings. The van der Waals surface area contributed by atoms with Crippen molar-refractivity contribution in [1.82, 2.24) is 9.80 Å². The molecule has 0 spiro atoms. The summed E-state index contributed by atoms with van der Waals surface area (Å²) in [6.45, 7) is 2.86. The number of piperidine rings is 1. The zero-order chi connectivity index (χ0) is 20.4. The molecule has 0 bridgehead atoms. The molecule has 0 aliphatic carbocycles. The Bertz CT molecular complexity index is 881. The number of halogens is 1. The molecule has 152 valence electrons. The zero-order valence-corrected chi connectivity index (χ0v) is 16.6. The smallest absolute Gasteiger partial charge is 0.228 e. The highest BCUT2D eigenvalue weighted by Crippen LogP contribution is 2.37. The fourth-order valence-corrected chi connectivity index (χ4v) is 4.50. The van der Waals surface area contributed by atoms with Crippen LogP contribution in [0.3, 0.4) is 0 Å². The number of hydrogen-bond acceptors (Lipinski definition) is 3. The molecule has 29 heavy (non-hydrogen) atoms. The Hall–Kier alpha value is -2.89. The van der Waals surface area contributed by atoms with Gasteiger partial charge in [-0.2, -0.15) is 0 Å². The predicted molar refractivity (Wildman–Crippen MR) is 110 cm³/mol. The van der Waals surface area contributed by atoms with Gasteiger partial charge in [-0.15, -0.1) is 0 Å². The summed E-state index contributed by atoms with van der Waals surface area (Å²) in [5.74, 6) is -0.636. The molecule has 0 unspecified atom stereocenters. The van der Waals surface area contributed by atoms with E-state index in [-0.39, 0.29) is 23.5 Å². The molecule has 4 rings (SSSR count). The first-order valence-electron chi connectivity index (χ1n) is 10.1. The summed E-state index contributed by atoms with van der Waals surface area (Å²) >= 11 is 0. The van der Waals surface area contributed by atoms with Crippen LogP contribution in [0.15, 0.2) is 54.6 Å². The van der Waals surface area contributed by atoms with Crippen LogP contribution in [-0.2, 0) is 9.59 Å². The normalized spacial score (nSPS) is 22.7. The van der Waals surface area contributed by atoms with Crippen molar-refractivity contribution in [3.63, 3.8) is 0 Å². The Labute approximate surface area is 170 Å². The summed E-state index contributed by atoms with van der Waals surface area (Å²) in [4.78, 5) is 31.5. The molecule has 2 amide bonds. The molecular weight excluding hydrogens is 369 g/mol. The van der Waals surface area contributed by atoms with Gasteiger partial charge in [0.15, 0.2) is 0 Å². The number of anilines is 1. The number of hydrogen-bond donors (Lipinski definition) is 0. The first-order chi connectivity index (χ1) is 14.0. The molecule has 2 aliphatic rings. The minimum absolute atomic E-state index is 0.00259. The standard InChI is InChI=1S/C23H26FN3O2/c1-25-21(28)11-10-20(22(25)17-6-5-7-18(24)16-17)23(29)27-14-12-26(13-15-27)19-8-3-2-4-9-19/h2-9,16,20,22H,10-15H2,1H3/t20-,22+/m0/s1. The van der Waals surface area contributed by atoms with E-state index in [4.69, 9.17) is 0 Å². The number of likely N-dealkylation sites (tertiary alicyclic amines) is 1. The van der Waals surface area contributed by atoms with Crippen molar-refractivity contribution in [2.24, 2.45) is 5.92 Å². The van der Waals surface area contributed by atoms with Crippen LogP contribution in [0.5, 0.6) is 0 Å². The van der Waals surface area contributed by atoms with Gasteiger partial charge in [-0.05, 0) is 36.2 Å². The number of benzene rings is 2. The van der Waals surface area contributed by atoms with E-state index in [1.807, 2.05) is 23.1 Å². The quantitative estimate of drug-likeness (QED) is 0.802. The highest BCUT2D eigenvalue weighted by molar-refractivity contribution is 5.85. The molecule has 2 aliphatic heterocycles. The van der Waals surface area contributed by atoms with E-state index in [2.05, 4.69) is 17.0 Å². The van der Waals surface area contributed by atoms with Crippen molar-refractivity contribution in [2.45, 2.75) is 18.9 Å². The van der Waals surface area contributed by atoms with Crippen molar-refractivity contribution >= 4 is 17.5 Å². The number of rotatable bonds is 3. The molecule has 2 fully saturated rings. The highest BCUT2D eigenvalue weighted by Gasteiger charge is 2.41. The van der Waals surface area contributed by atoms with E-state index in [9.17, 15) is 14.0 Å². The van der Waals surface area contributed by atoms with Gasteiger partial charge in [-0.1, -0.05) is 30.3 Å². The first-order valence-corrected chi connectivity index (χ1v) is 10.1. The minimum Gasteiger partial charge on any atom is -0.368 e. The summed E-state index contributed by atoms with van der Waals surface area (Å²) in [7, 11) is 1.71. The first kappa shape index (κ1) is 19.4. The Morgan fingerprint density at radius 1 is 1.00 bits per heavy atom. The summed E-state index contributed by atoms with van der Waals surface area (Å²) in [5.41, 5.74) is 1.85. The van der Waals surface area contributed by atoms with Crippen molar-refractivity contribution in [3.8, 4) is 0 Å². The summed E-state index contributed by atoms with van der Waals surface area (Å²) in [6.07, 6.45) is 0.852. The topological polar surface area (TPSA) is 43.9 Å². The molecule has 0 radical (unpaired) electrons. The van der Waals surface area contributed by atoms with Crippen LogP contribution in [0.1, 0.15) is 24.4 Å². The van der Waals surface area contributed by atoms with Crippen LogP contribution >= 0.6 is 0 Å². The lowest BCUT2D eigenvalue weighted by Gasteiger charge is -2.43. The maximum Gasteiger partial charge on any atom is 0.228 e. The maximum atomic E-state index is 13.8. The Balaban J connectivity index is 1.50. The molecule has 0 aromatic heterocycles. The molecule has 5 nitrogen and oxygen atoms in total. The van der Waals surface area contributed by atoms with Crippen LogP contribution in [0.2, 0.25) is 0 Å². The zero-order valence-electron chi connectivity index (χ0n) is 16.6. The van der Waals surface area contributed by atoms with E-state index in [0.29, 0.717) is 31.5 Å². The molecule has 6 heteroatoms. The average Bonchev–Trinajstić information content (AvgIpc) is 2.76. The van der Waals surface area contributed by atoms with E-state index in [1.54, 1.807) is 24.1 Å². The fraction of sp³-hybridized carbons (Fsp3) is 0.391. The Morgan fingerprint density at radius 3 is 2.41 bits per heavy atom. The third-order valence-corrected chi connectivity index (χ3v) is 6.08. The Morgan fingerprint density at radius 2 is 1.72 bits per heavy atom. The third kappa shape index (κ3) is 3.97. The monoisotopic (exact) mass is 395 g/mol. The van der Waals surface area contributed by atoms with Crippen molar-refractivity contribution in [1.29, 1.82) is 0 Å². The van der Waals surface area contributed by atoms with Gasteiger partial charge in [0.25, 0.3) is 0 Å². The second kappa shape index (κ2) is 8.23. The van der Waals surface area contributed by atoms with E-state index < -0.39 is 6.04 Å². The number of amides is 2. The van der Waals surface area contributed by atoms with Gasteiger partial charge in [0.2, 0.25) is 11.8 Å². The van der Waals surface area contributed by atoms with E-state index in [0.717, 1.165) is 13.1 Å². The molecule has 2 saturated heterocycles. The number of carbonyl (C=O) groups excluding carboxylic acids is 2. The molecule has 2 heterocycles. The van der Waals surface area contributed by atoms with Gasteiger partial charge in [-0.3, -0.25) is 9.59 Å². The summed E-state index contributed by atoms with van der Waals surface area (Å²) in [6, 6.07) is 16.0. The maximum absolute atomic E-state index is 13.8. The van der Waals surface area contributed by atoms with Crippen molar-refractivity contribution in [3.05, 3.63) is 66.0 Å². The largest absolute Gasteiger partial charge is 0.368 e. The summed E-state index contributed by atoms with van der Waals surface area (Å²) < 4.78 is 13.8. The van der Waals surface area contributed by atoms with Crippen molar-refractivity contribution < 1.29 is 14.0 Å². The van der Waals surface area contributed by atoms with Gasteiger partial charge < -0.3 is 14.7 Å². The molecule has 0 N–H and O–H groups in total. The molecular formula is C23H26FN3O2. The lowest BCUT2D eigenvalue weighted by molar-refractivity contribution is -0.146. The minimum atomic E-state index is -0.424. The second-order valence-corrected chi connectivity index (χ2v) is 7.80. The number of nitrogens with zero attached hydrogens (tertiary/aromatic N) is 3. The van der Waals surface area contributed by atoms with Gasteiger partial charge in [-0.25, -0.2) is 4.39 Å². The highest BCUT2D eigenvalue weighted by atomic mass is 19.1. The van der Waals surface area contributed by atoms with Crippen molar-refractivity contribution in [2.75, 3.05) is 38.1 Å². The van der Waals surface area contributed by atoms with E-state index >= 15 is 0 Å². The lowest BCUT2D eigenvalue weighted by Crippen LogP contribution is -2.53. The van der Waals surface area contributed by atoms with Gasteiger partial charge in [0.1, 0.15) is 5.82 Å². The summed E-state index contributed by atoms with van der Waals surface area (Å²) in [5, 5.41) is 0. The number of para-hydroxylation sites is 1. The molecule has 0 saturated carbocycles. The van der Waals surface area contributed by atoms with Gasteiger partial charge in [0, 0.05) is 45.3 Å². The number of carbonyl (C=O) groups is 2. The fourth-order valence-electron chi connectivity index (χ4n) is 4.50. The third-order valence-electron chi connectivity index (χ3n) is 6.08. The van der Waals surface area contributed by atoms with Crippen LogP contribution in [0.4, 0.5) is 10.1 Å². The van der Waals surface area contributed by atoms with Crippen LogP contribution in [0, 0.1) is 11.7 Å². The molecule has 2 aromatic carbocycles. The van der Waals surface area contributed by atoms with Gasteiger partial charge in [0.05, 0.1) is 12.0 Å². The predicted octanol–water partition coefficient (Wildman–Crippen LogP) is 3.08. The Kier molecular flexibility index (Phi) is 5.51. The number of piperazine rings is 1. The SMILES string of the molecule is CN1C(=O)CC[C@H](C(=O)N2CCN(c3ccccc3)CC2)[C@H]1c1cccc(F)c1. The average molecular weight is 395 g/mol. The second-order valence-electron chi connectivity index (χ2n) is 7.80. The van der Waals surface area contributed by atoms with Crippen LogP contribution in [0.25, 0.3) is 0 Å². The van der Waals surface area contributed by atoms with Gasteiger partial charge >= 0.3 is 0 Å². The molecule has 2 atom stereocenters. The van der Waals surface area contributed by atoms with E-state index in [1.165, 1.54) is 17.8 Å². The van der Waals surface area contributed by atoms with Crippen LogP contribution < -0.4 is 4.90 Å². The lowest BCUT2D eigenvalue weighted by atomic mass is 9.83. The van der Waals surface area contributed by atoms with Crippen LogP contribution in [-0.4, -0.2) is 54.8 Å².